The molecule has 8 N–H and O–H groups in total. The highest BCUT2D eigenvalue weighted by Crippen LogP contribution is 2.27. The summed E-state index contributed by atoms with van der Waals surface area (Å²) in [6.45, 7) is 19.3. The molecule has 3 atom stereocenters. The van der Waals surface area contributed by atoms with Crippen LogP contribution < -0.4 is 42.4 Å². The molecule has 0 fully saturated rings. The number of hydrogen-bond donors (Lipinski definition) is 7. The van der Waals surface area contributed by atoms with Crippen LogP contribution in [0.25, 0.3) is 0 Å². The van der Waals surface area contributed by atoms with Crippen molar-refractivity contribution in [2.75, 3.05) is 45.3 Å². The van der Waals surface area contributed by atoms with Crippen LogP contribution in [0, 0.1) is 11.3 Å². The van der Waals surface area contributed by atoms with Gasteiger partial charge in [-0.25, -0.2) is 14.4 Å². The average Bonchev–Trinajstić information content (AvgIpc) is 3.13. The zero-order valence-corrected chi connectivity index (χ0v) is 36.8. The van der Waals surface area contributed by atoms with Crippen molar-refractivity contribution in [3.05, 3.63) is 23.8 Å². The molecule has 0 saturated heterocycles. The molecule has 1 rings (SSSR count). The first-order chi connectivity index (χ1) is 27.4. The van der Waals surface area contributed by atoms with E-state index in [2.05, 4.69) is 31.9 Å². The quantitative estimate of drug-likeness (QED) is 0.0549. The minimum Gasteiger partial charge on any atom is -0.483 e. The number of ether oxygens (including phenoxy) is 4. The predicted molar refractivity (Wildman–Crippen MR) is 223 cm³/mol. The summed E-state index contributed by atoms with van der Waals surface area (Å²) in [5.74, 6) is -3.11. The third-order valence-corrected chi connectivity index (χ3v) is 9.21. The van der Waals surface area contributed by atoms with Gasteiger partial charge in [-0.3, -0.25) is 19.2 Å². The highest BCUT2D eigenvalue weighted by molar-refractivity contribution is 5.99. The molecule has 1 aromatic rings. The van der Waals surface area contributed by atoms with Crippen molar-refractivity contribution < 1.29 is 52.5 Å². The van der Waals surface area contributed by atoms with Crippen LogP contribution in [0.4, 0.5) is 15.3 Å². The number of methoxy groups -OCH3 is 1. The second kappa shape index (κ2) is 24.7. The molecule has 0 bridgehead atoms. The number of nitrogens with one attached hydrogen (secondary N) is 6. The van der Waals surface area contributed by atoms with E-state index >= 15 is 0 Å². The molecular weight excluding hydrogens is 766 g/mol. The second-order valence-corrected chi connectivity index (χ2v) is 16.8. The Morgan fingerprint density at radius 1 is 0.847 bits per heavy atom. The number of amides is 7. The summed E-state index contributed by atoms with van der Waals surface area (Å²) in [4.78, 5) is 87.0. The van der Waals surface area contributed by atoms with Gasteiger partial charge in [-0.2, -0.15) is 0 Å². The smallest absolute Gasteiger partial charge is 0.407 e. The van der Waals surface area contributed by atoms with Crippen LogP contribution in [0.15, 0.2) is 18.2 Å². The van der Waals surface area contributed by atoms with E-state index in [1.165, 1.54) is 32.2 Å². The minimum atomic E-state index is -1.09. The van der Waals surface area contributed by atoms with Crippen LogP contribution in [-0.2, 0) is 33.4 Å². The third-order valence-electron chi connectivity index (χ3n) is 9.21. The molecule has 334 valence electrons. The topological polar surface area (TPSA) is 255 Å². The summed E-state index contributed by atoms with van der Waals surface area (Å²) in [6.07, 6.45) is 2.66. The Bertz CT molecular complexity index is 1580. The number of carbonyl (C=O) groups is 7. The normalized spacial score (nSPS) is 13.5. The van der Waals surface area contributed by atoms with Crippen molar-refractivity contribution in [3.8, 4) is 5.75 Å². The Balaban J connectivity index is 2.88. The van der Waals surface area contributed by atoms with Crippen LogP contribution in [0.1, 0.15) is 118 Å². The number of primary amides is 1. The van der Waals surface area contributed by atoms with Gasteiger partial charge in [-0.05, 0) is 89.7 Å². The molecule has 1 unspecified atom stereocenters. The first kappa shape index (κ1) is 51.9. The minimum absolute atomic E-state index is 0.00965. The van der Waals surface area contributed by atoms with E-state index in [-0.39, 0.29) is 47.7 Å². The highest BCUT2D eigenvalue weighted by Gasteiger charge is 2.29. The standard InChI is InChI=1S/C41H69N7O11/c1-12-41(10,58-22-19-40(8,9)25-45-38(55)59-39(5,6)7)18-14-21-43-32(50)24-57-31-23-28(16-17-29(31)36(53)56-11)47-34(51)30(15-13-20-44-37(42)54)48-35(52)33(26(2)3)46-27(4)49/h16-17,23,26,30,33H,12-15,18-22,24-25H2,1-11H3,(H,43,50)(H,45,55)(H,46,49)(H,47,51)(H,48,52)(H3,42,44,54)/t30-,33-,41?/m0/s1. The van der Waals surface area contributed by atoms with Gasteiger partial charge in [-0.1, -0.05) is 34.6 Å². The van der Waals surface area contributed by atoms with E-state index in [0.717, 1.165) is 6.42 Å². The highest BCUT2D eigenvalue weighted by atomic mass is 16.6. The number of esters is 1. The molecule has 59 heavy (non-hydrogen) atoms. The van der Waals surface area contributed by atoms with E-state index in [1.807, 2.05) is 48.5 Å². The van der Waals surface area contributed by atoms with Crippen molar-refractivity contribution >= 4 is 47.4 Å². The van der Waals surface area contributed by atoms with Gasteiger partial charge in [0.15, 0.2) is 6.61 Å². The Morgan fingerprint density at radius 2 is 1.51 bits per heavy atom. The second-order valence-electron chi connectivity index (χ2n) is 16.8. The number of anilines is 1. The molecule has 0 aliphatic carbocycles. The van der Waals surface area contributed by atoms with Crippen molar-refractivity contribution in [2.45, 2.75) is 131 Å². The average molecular weight is 836 g/mol. The number of hydrogen-bond acceptors (Lipinski definition) is 11. The summed E-state index contributed by atoms with van der Waals surface area (Å²) in [6, 6.07) is 1.42. The molecule has 18 nitrogen and oxygen atoms in total. The lowest BCUT2D eigenvalue weighted by atomic mass is 9.89. The number of nitrogens with two attached hydrogens (primary N) is 1. The summed E-state index contributed by atoms with van der Waals surface area (Å²) < 4.78 is 22.2. The largest absolute Gasteiger partial charge is 0.483 e. The van der Waals surface area contributed by atoms with Gasteiger partial charge in [0.2, 0.25) is 17.7 Å². The van der Waals surface area contributed by atoms with E-state index in [4.69, 9.17) is 24.7 Å². The van der Waals surface area contributed by atoms with Gasteiger partial charge in [0.05, 0.1) is 12.7 Å². The lowest BCUT2D eigenvalue weighted by Gasteiger charge is -2.32. The number of alkyl carbamates (subject to hydrolysis) is 1. The van der Waals surface area contributed by atoms with E-state index in [9.17, 15) is 33.6 Å². The SMILES string of the molecule is CCC(C)(CCCNC(=O)COc1cc(NC(=O)[C@H](CCCNC(N)=O)NC(=O)[C@@H](NC(C)=O)C(C)C)ccc1C(=O)OC)OCCC(C)(C)CNC(=O)OC(C)(C)C. The third kappa shape index (κ3) is 21.4. The number of urea groups is 1. The molecule has 0 aliphatic rings. The van der Waals surface area contributed by atoms with Crippen LogP contribution >= 0.6 is 0 Å². The molecule has 0 aliphatic heterocycles. The molecule has 0 radical (unpaired) electrons. The molecule has 18 heteroatoms. The first-order valence-corrected chi connectivity index (χ1v) is 20.0. The molecule has 0 spiro atoms. The van der Waals surface area contributed by atoms with Crippen molar-refractivity contribution in [3.63, 3.8) is 0 Å². The molecule has 0 heterocycles. The fraction of sp³-hybridized carbons (Fsp3) is 0.683. The van der Waals surface area contributed by atoms with Crippen LogP contribution in [0.2, 0.25) is 0 Å². The van der Waals surface area contributed by atoms with Crippen molar-refractivity contribution in [2.24, 2.45) is 17.1 Å². The Kier molecular flexibility index (Phi) is 21.7. The lowest BCUT2D eigenvalue weighted by molar-refractivity contribution is -0.131. The maximum atomic E-state index is 13.5. The number of rotatable bonds is 25. The summed E-state index contributed by atoms with van der Waals surface area (Å²) >= 11 is 0. The van der Waals surface area contributed by atoms with Gasteiger partial charge < -0.3 is 56.6 Å². The van der Waals surface area contributed by atoms with Crippen LogP contribution in [0.3, 0.4) is 0 Å². The van der Waals surface area contributed by atoms with Gasteiger partial charge in [0, 0.05) is 44.9 Å². The van der Waals surface area contributed by atoms with Crippen molar-refractivity contribution in [1.82, 2.24) is 26.6 Å². The van der Waals surface area contributed by atoms with Gasteiger partial charge in [0.25, 0.3) is 5.91 Å². The van der Waals surface area contributed by atoms with Crippen LogP contribution in [0.5, 0.6) is 5.75 Å². The van der Waals surface area contributed by atoms with Crippen molar-refractivity contribution in [1.29, 1.82) is 0 Å². The maximum absolute atomic E-state index is 13.5. The fourth-order valence-electron chi connectivity index (χ4n) is 5.55. The maximum Gasteiger partial charge on any atom is 0.407 e. The predicted octanol–water partition coefficient (Wildman–Crippen LogP) is 3.91. The fourth-order valence-corrected chi connectivity index (χ4v) is 5.55. The summed E-state index contributed by atoms with van der Waals surface area (Å²) in [5.41, 5.74) is 4.12. The summed E-state index contributed by atoms with van der Waals surface area (Å²) in [7, 11) is 1.19. The summed E-state index contributed by atoms with van der Waals surface area (Å²) in [5, 5.41) is 16.0. The number of benzene rings is 1. The van der Waals surface area contributed by atoms with E-state index < -0.39 is 71.6 Å². The Morgan fingerprint density at radius 3 is 2.08 bits per heavy atom. The zero-order chi connectivity index (χ0) is 45.0. The van der Waals surface area contributed by atoms with Gasteiger partial charge in [-0.15, -0.1) is 0 Å². The van der Waals surface area contributed by atoms with Crippen LogP contribution in [-0.4, -0.2) is 105 Å². The molecule has 7 amide bonds. The molecular formula is C41H69N7O11. The van der Waals surface area contributed by atoms with Gasteiger partial charge in [0.1, 0.15) is 29.0 Å². The Hall–Kier alpha value is -5.13. The van der Waals surface area contributed by atoms with E-state index in [1.54, 1.807) is 13.8 Å². The number of carbonyl (C=O) groups excluding carboxylic acids is 7. The molecule has 0 saturated carbocycles. The van der Waals surface area contributed by atoms with E-state index in [0.29, 0.717) is 39.0 Å². The lowest BCUT2D eigenvalue weighted by Crippen LogP contribution is -2.54. The first-order valence-electron chi connectivity index (χ1n) is 20.0. The zero-order valence-electron chi connectivity index (χ0n) is 36.8. The van der Waals surface area contributed by atoms with Gasteiger partial charge >= 0.3 is 18.1 Å². The Labute approximate surface area is 348 Å². The monoisotopic (exact) mass is 836 g/mol. The molecule has 1 aromatic carbocycles. The molecule has 0 aromatic heterocycles.